The summed E-state index contributed by atoms with van der Waals surface area (Å²) in [6.45, 7) is 12.1. The number of nitrogens with one attached hydrogen (secondary N) is 2. The molecule has 2 N–H and O–H groups in total. The molecule has 1 aliphatic rings. The Morgan fingerprint density at radius 2 is 1.63 bits per heavy atom. The molecule has 0 saturated carbocycles. The molecule has 0 radical (unpaired) electrons. The molecular formula is C34H44N4O3. The van der Waals surface area contributed by atoms with Gasteiger partial charge in [-0.2, -0.15) is 0 Å². The summed E-state index contributed by atoms with van der Waals surface area (Å²) in [5.41, 5.74) is 4.73. The number of nitrogens with zero attached hydrogens (tertiary/aromatic N) is 2. The average Bonchev–Trinajstić information content (AvgIpc) is 2.99. The van der Waals surface area contributed by atoms with Crippen LogP contribution < -0.4 is 10.6 Å². The van der Waals surface area contributed by atoms with Gasteiger partial charge in [0, 0.05) is 49.9 Å². The van der Waals surface area contributed by atoms with E-state index < -0.39 is 6.09 Å². The molecule has 4 rings (SSSR count). The minimum atomic E-state index is -0.414. The number of anilines is 1. The number of hydrogen-bond donors (Lipinski definition) is 2. The number of ether oxygens (including phenoxy) is 1. The second-order valence-corrected chi connectivity index (χ2v) is 10.9. The lowest BCUT2D eigenvalue weighted by molar-refractivity contribution is 0.0593. The Hall–Kier alpha value is -3.52. The third-order valence-electron chi connectivity index (χ3n) is 7.75. The van der Waals surface area contributed by atoms with Crippen LogP contribution in [0.25, 0.3) is 11.1 Å². The zero-order valence-electron chi connectivity index (χ0n) is 24.6. The summed E-state index contributed by atoms with van der Waals surface area (Å²) in [6.07, 6.45) is 1.08. The summed E-state index contributed by atoms with van der Waals surface area (Å²) >= 11 is 0. The van der Waals surface area contributed by atoms with Crippen LogP contribution in [0.1, 0.15) is 49.5 Å². The van der Waals surface area contributed by atoms with Crippen molar-refractivity contribution in [1.29, 1.82) is 0 Å². The molecule has 0 aliphatic carbocycles. The van der Waals surface area contributed by atoms with Crippen LogP contribution in [0.5, 0.6) is 0 Å². The number of amides is 1. The third-order valence-corrected chi connectivity index (χ3v) is 7.75. The van der Waals surface area contributed by atoms with Gasteiger partial charge in [0.05, 0.1) is 12.2 Å². The van der Waals surface area contributed by atoms with E-state index in [1.807, 2.05) is 66.7 Å². The summed E-state index contributed by atoms with van der Waals surface area (Å²) in [7, 11) is 0. The number of piperidine rings is 1. The minimum absolute atomic E-state index is 0.0995. The molecule has 0 atom stereocenters. The van der Waals surface area contributed by atoms with Crippen LogP contribution in [-0.4, -0.2) is 73.1 Å². The van der Waals surface area contributed by atoms with E-state index in [1.54, 1.807) is 0 Å². The number of para-hydroxylation sites is 1. The standard InChI is InChI=1S/C34H44N4O3/c1-4-38(26(2)3)25-27-14-16-29(17-15-27)33(39)24-35-20-23-37-21-18-30(19-22-37)41-34(40)36-32-13-9-8-12-31(32)28-10-6-5-7-11-28/h5-17,26,30,35H,4,18-25H2,1-3H3,(H,36,40). The molecule has 0 bridgehead atoms. The summed E-state index contributed by atoms with van der Waals surface area (Å²) < 4.78 is 5.75. The number of Topliss-reactive ketones (excluding diaryl/α,β-unsaturated/α-hetero) is 1. The van der Waals surface area contributed by atoms with Crippen LogP contribution in [0, 0.1) is 0 Å². The topological polar surface area (TPSA) is 73.9 Å². The Morgan fingerprint density at radius 1 is 0.951 bits per heavy atom. The Bertz CT molecular complexity index is 1240. The zero-order chi connectivity index (χ0) is 29.0. The van der Waals surface area contributed by atoms with Gasteiger partial charge in [-0.15, -0.1) is 0 Å². The molecule has 1 saturated heterocycles. The normalized spacial score (nSPS) is 14.4. The highest BCUT2D eigenvalue weighted by molar-refractivity contribution is 5.97. The monoisotopic (exact) mass is 556 g/mol. The molecule has 218 valence electrons. The van der Waals surface area contributed by atoms with Crippen LogP contribution in [0.2, 0.25) is 0 Å². The molecule has 7 nitrogen and oxygen atoms in total. The predicted octanol–water partition coefficient (Wildman–Crippen LogP) is 6.07. The fourth-order valence-electron chi connectivity index (χ4n) is 5.23. The molecule has 0 unspecified atom stereocenters. The molecule has 0 aromatic heterocycles. The van der Waals surface area contributed by atoms with Crippen LogP contribution in [-0.2, 0) is 11.3 Å². The molecule has 41 heavy (non-hydrogen) atoms. The van der Waals surface area contributed by atoms with Gasteiger partial charge in [-0.25, -0.2) is 4.79 Å². The molecular weight excluding hydrogens is 512 g/mol. The van der Waals surface area contributed by atoms with Crippen molar-refractivity contribution in [1.82, 2.24) is 15.1 Å². The maximum absolute atomic E-state index is 12.7. The number of benzene rings is 3. The lowest BCUT2D eigenvalue weighted by Crippen LogP contribution is -2.42. The minimum Gasteiger partial charge on any atom is -0.446 e. The van der Waals surface area contributed by atoms with Gasteiger partial charge in [0.15, 0.2) is 5.78 Å². The number of carbonyl (C=O) groups excluding carboxylic acids is 2. The van der Waals surface area contributed by atoms with Gasteiger partial charge in [0.1, 0.15) is 6.10 Å². The molecule has 0 spiro atoms. The lowest BCUT2D eigenvalue weighted by atomic mass is 10.0. The van der Waals surface area contributed by atoms with Gasteiger partial charge in [0.2, 0.25) is 0 Å². The Morgan fingerprint density at radius 3 is 2.32 bits per heavy atom. The number of hydrogen-bond acceptors (Lipinski definition) is 6. The number of carbonyl (C=O) groups is 2. The SMILES string of the molecule is CCN(Cc1ccc(C(=O)CNCCN2CCC(OC(=O)Nc3ccccc3-c3ccccc3)CC2)cc1)C(C)C. The van der Waals surface area contributed by atoms with Gasteiger partial charge >= 0.3 is 6.09 Å². The quantitative estimate of drug-likeness (QED) is 0.197. The molecule has 1 heterocycles. The number of rotatable bonds is 13. The van der Waals surface area contributed by atoms with Crippen molar-refractivity contribution in [3.63, 3.8) is 0 Å². The van der Waals surface area contributed by atoms with Crippen molar-refractivity contribution in [2.45, 2.75) is 52.3 Å². The van der Waals surface area contributed by atoms with Gasteiger partial charge < -0.3 is 15.0 Å². The van der Waals surface area contributed by atoms with Crippen LogP contribution in [0.15, 0.2) is 78.9 Å². The number of likely N-dealkylation sites (tertiary alicyclic amines) is 1. The summed E-state index contributed by atoms with van der Waals surface area (Å²) in [6, 6.07) is 26.3. The highest BCUT2D eigenvalue weighted by Gasteiger charge is 2.22. The van der Waals surface area contributed by atoms with Gasteiger partial charge in [-0.05, 0) is 50.4 Å². The van der Waals surface area contributed by atoms with Crippen LogP contribution in [0.4, 0.5) is 10.5 Å². The van der Waals surface area contributed by atoms with Crippen molar-refractivity contribution in [2.24, 2.45) is 0 Å². The van der Waals surface area contributed by atoms with Gasteiger partial charge in [-0.3, -0.25) is 15.0 Å². The van der Waals surface area contributed by atoms with Crippen molar-refractivity contribution in [2.75, 3.05) is 44.6 Å². The zero-order valence-corrected chi connectivity index (χ0v) is 24.6. The largest absolute Gasteiger partial charge is 0.446 e. The van der Waals surface area contributed by atoms with Gasteiger partial charge in [-0.1, -0.05) is 79.7 Å². The van der Waals surface area contributed by atoms with E-state index in [9.17, 15) is 9.59 Å². The van der Waals surface area contributed by atoms with Crippen LogP contribution >= 0.6 is 0 Å². The van der Waals surface area contributed by atoms with E-state index in [-0.39, 0.29) is 11.9 Å². The summed E-state index contributed by atoms with van der Waals surface area (Å²) in [5, 5.41) is 6.23. The molecule has 7 heteroatoms. The smallest absolute Gasteiger partial charge is 0.411 e. The molecule has 1 fully saturated rings. The van der Waals surface area contributed by atoms with Crippen molar-refractivity contribution >= 4 is 17.6 Å². The van der Waals surface area contributed by atoms with E-state index in [0.717, 1.165) is 74.5 Å². The number of ketones is 1. The molecule has 3 aromatic carbocycles. The Labute approximate surface area is 244 Å². The Balaban J connectivity index is 1.13. The second kappa shape index (κ2) is 15.5. The van der Waals surface area contributed by atoms with E-state index in [4.69, 9.17) is 4.74 Å². The second-order valence-electron chi connectivity index (χ2n) is 10.9. The van der Waals surface area contributed by atoms with E-state index >= 15 is 0 Å². The first-order chi connectivity index (χ1) is 19.9. The predicted molar refractivity (Wildman–Crippen MR) is 166 cm³/mol. The van der Waals surface area contributed by atoms with Crippen molar-refractivity contribution in [3.8, 4) is 11.1 Å². The van der Waals surface area contributed by atoms with E-state index in [2.05, 4.69) is 53.3 Å². The van der Waals surface area contributed by atoms with E-state index in [0.29, 0.717) is 12.6 Å². The molecule has 1 amide bonds. The summed E-state index contributed by atoms with van der Waals surface area (Å²) in [5.74, 6) is 0.111. The maximum atomic E-state index is 12.7. The fraction of sp³-hybridized carbons (Fsp3) is 0.412. The third kappa shape index (κ3) is 9.25. The van der Waals surface area contributed by atoms with Crippen molar-refractivity contribution < 1.29 is 14.3 Å². The molecule has 3 aromatic rings. The van der Waals surface area contributed by atoms with Crippen molar-refractivity contribution in [3.05, 3.63) is 90.0 Å². The van der Waals surface area contributed by atoms with Gasteiger partial charge in [0.25, 0.3) is 0 Å². The fourth-order valence-corrected chi connectivity index (χ4v) is 5.23. The first kappa shape index (κ1) is 30.4. The molecule has 1 aliphatic heterocycles. The highest BCUT2D eigenvalue weighted by Crippen LogP contribution is 2.28. The highest BCUT2D eigenvalue weighted by atomic mass is 16.6. The van der Waals surface area contributed by atoms with Crippen LogP contribution in [0.3, 0.4) is 0 Å². The average molecular weight is 557 g/mol. The first-order valence-electron chi connectivity index (χ1n) is 14.8. The summed E-state index contributed by atoms with van der Waals surface area (Å²) in [4.78, 5) is 30.0. The Kier molecular flexibility index (Phi) is 11.5. The maximum Gasteiger partial charge on any atom is 0.411 e. The first-order valence-corrected chi connectivity index (χ1v) is 14.8. The lowest BCUT2D eigenvalue weighted by Gasteiger charge is -2.31. The van der Waals surface area contributed by atoms with E-state index in [1.165, 1.54) is 5.56 Å².